The minimum Gasteiger partial charge on any atom is -0.497 e. The maximum atomic E-state index is 14.0. The first-order chi connectivity index (χ1) is 27.1. The van der Waals surface area contributed by atoms with Crippen LogP contribution in [-0.2, 0) is 28.8 Å². The molecule has 1 unspecified atom stereocenters. The van der Waals surface area contributed by atoms with Crippen LogP contribution in [0.2, 0.25) is 5.02 Å². The van der Waals surface area contributed by atoms with Gasteiger partial charge in [0.2, 0.25) is 0 Å². The molecule has 4 aromatic carbocycles. The highest BCUT2D eigenvalue weighted by Gasteiger charge is 2.57. The number of halogens is 1. The molecule has 2 aromatic heterocycles. The number of aromatic nitrogens is 4. The Morgan fingerprint density at radius 3 is 2.18 bits per heavy atom. The van der Waals surface area contributed by atoms with Gasteiger partial charge in [-0.2, -0.15) is 0 Å². The molecule has 1 N–H and O–H groups in total. The van der Waals surface area contributed by atoms with Crippen LogP contribution in [0.15, 0.2) is 122 Å². The van der Waals surface area contributed by atoms with E-state index in [2.05, 4.69) is 29.6 Å². The maximum Gasteiger partial charge on any atom is 0.440 e. The quantitative estimate of drug-likeness (QED) is 0.0832. The van der Waals surface area contributed by atoms with Crippen LogP contribution in [0.25, 0.3) is 11.2 Å². The number of benzene rings is 4. The van der Waals surface area contributed by atoms with Gasteiger partial charge in [-0.25, -0.2) is 19.5 Å². The SMILES string of the molecule is CCSP(=O)(OC[C@H]1O[C@@H](n2cnc3c(NC(c4ccccc4)(c4ccccc4)c4ccc(OC)cc4)ncnc32)[C@@H]2OC(C)(C)O[C@@H]21)Oc1ccccc1Cl. The first-order valence-electron chi connectivity index (χ1n) is 18.2. The van der Waals surface area contributed by atoms with E-state index in [1.165, 1.54) is 6.33 Å². The Bertz CT molecular complexity index is 2300. The van der Waals surface area contributed by atoms with Crippen molar-refractivity contribution >= 4 is 46.8 Å². The molecule has 290 valence electrons. The summed E-state index contributed by atoms with van der Waals surface area (Å²) in [6.45, 7) is 1.76. The summed E-state index contributed by atoms with van der Waals surface area (Å²) in [5.74, 6) is 1.08. The van der Waals surface area contributed by atoms with Gasteiger partial charge in [0.1, 0.15) is 41.7 Å². The summed E-state index contributed by atoms with van der Waals surface area (Å²) < 4.78 is 52.7. The minimum absolute atomic E-state index is 0.0984. The van der Waals surface area contributed by atoms with Crippen LogP contribution in [0.4, 0.5) is 5.82 Å². The fraction of sp³-hybridized carbons (Fsp3) is 0.293. The third-order valence-corrected chi connectivity index (χ3v) is 13.8. The second kappa shape index (κ2) is 15.8. The van der Waals surface area contributed by atoms with Crippen molar-refractivity contribution in [2.75, 3.05) is 24.8 Å². The number of hydrogen-bond donors (Lipinski definition) is 1. The van der Waals surface area contributed by atoms with Crippen LogP contribution in [0.5, 0.6) is 11.5 Å². The number of rotatable bonds is 14. The molecule has 0 amide bonds. The molecule has 2 fully saturated rings. The first kappa shape index (κ1) is 38.4. The zero-order valence-electron chi connectivity index (χ0n) is 31.2. The van der Waals surface area contributed by atoms with Gasteiger partial charge < -0.3 is 28.8 Å². The van der Waals surface area contributed by atoms with Crippen molar-refractivity contribution in [3.05, 3.63) is 144 Å². The molecule has 0 aliphatic carbocycles. The lowest BCUT2D eigenvalue weighted by molar-refractivity contribution is -0.198. The van der Waals surface area contributed by atoms with Crippen molar-refractivity contribution in [3.8, 4) is 11.5 Å². The van der Waals surface area contributed by atoms with Crippen molar-refractivity contribution in [1.82, 2.24) is 19.5 Å². The zero-order valence-corrected chi connectivity index (χ0v) is 33.6. The molecule has 0 bridgehead atoms. The molecule has 0 saturated carbocycles. The molecule has 2 aliphatic rings. The Labute approximate surface area is 334 Å². The van der Waals surface area contributed by atoms with E-state index < -0.39 is 42.7 Å². The second-order valence-corrected chi connectivity index (χ2v) is 18.4. The van der Waals surface area contributed by atoms with Gasteiger partial charge in [-0.15, -0.1) is 0 Å². The summed E-state index contributed by atoms with van der Waals surface area (Å²) in [5.41, 5.74) is 3.07. The average molecular weight is 814 g/mol. The lowest BCUT2D eigenvalue weighted by Gasteiger charge is -2.37. The number of para-hydroxylation sites is 1. The van der Waals surface area contributed by atoms with Crippen LogP contribution in [-0.4, -0.2) is 63.1 Å². The Balaban J connectivity index is 1.15. The third-order valence-electron chi connectivity index (χ3n) is 9.73. The molecule has 2 aliphatic heterocycles. The molecule has 0 spiro atoms. The van der Waals surface area contributed by atoms with Crippen LogP contribution in [0, 0.1) is 0 Å². The van der Waals surface area contributed by atoms with Crippen LogP contribution < -0.4 is 14.6 Å². The molecule has 56 heavy (non-hydrogen) atoms. The number of hydrogen-bond acceptors (Lipinski definition) is 12. The minimum atomic E-state index is -3.72. The number of anilines is 1. The Morgan fingerprint density at radius 2 is 1.52 bits per heavy atom. The van der Waals surface area contributed by atoms with Crippen molar-refractivity contribution < 1.29 is 32.6 Å². The molecular formula is C41H41ClN5O7PS. The molecule has 12 nitrogen and oxygen atoms in total. The van der Waals surface area contributed by atoms with Crippen molar-refractivity contribution in [2.24, 2.45) is 0 Å². The predicted molar refractivity (Wildman–Crippen MR) is 216 cm³/mol. The number of fused-ring (bicyclic) bond motifs is 2. The van der Waals surface area contributed by atoms with Crippen molar-refractivity contribution in [1.29, 1.82) is 0 Å². The highest BCUT2D eigenvalue weighted by molar-refractivity contribution is 8.55. The maximum absolute atomic E-state index is 14.0. The molecule has 5 atom stereocenters. The molecule has 8 rings (SSSR count). The van der Waals surface area contributed by atoms with Gasteiger partial charge in [0.05, 0.1) is 25.1 Å². The predicted octanol–water partition coefficient (Wildman–Crippen LogP) is 9.27. The van der Waals surface area contributed by atoms with E-state index in [1.54, 1.807) is 37.7 Å². The molecule has 2 saturated heterocycles. The fourth-order valence-corrected chi connectivity index (χ4v) is 10.5. The van der Waals surface area contributed by atoms with E-state index >= 15 is 0 Å². The van der Waals surface area contributed by atoms with E-state index in [4.69, 9.17) is 54.5 Å². The lowest BCUT2D eigenvalue weighted by atomic mass is 9.77. The third kappa shape index (κ3) is 7.41. The largest absolute Gasteiger partial charge is 0.497 e. The summed E-state index contributed by atoms with van der Waals surface area (Å²) in [7, 11) is 1.65. The van der Waals surface area contributed by atoms with E-state index in [-0.39, 0.29) is 12.4 Å². The van der Waals surface area contributed by atoms with Crippen LogP contribution >= 0.6 is 29.8 Å². The van der Waals surface area contributed by atoms with Crippen LogP contribution in [0.3, 0.4) is 0 Å². The Hall–Kier alpha value is -4.46. The van der Waals surface area contributed by atoms with Gasteiger partial charge in [0.15, 0.2) is 29.0 Å². The number of nitrogens with zero attached hydrogens (tertiary/aromatic N) is 4. The Kier molecular flexibility index (Phi) is 10.9. The summed E-state index contributed by atoms with van der Waals surface area (Å²) in [5, 5.41) is 4.16. The summed E-state index contributed by atoms with van der Waals surface area (Å²) in [6.07, 6.45) is 0.639. The topological polar surface area (TPSA) is 128 Å². The Morgan fingerprint density at radius 1 is 0.875 bits per heavy atom. The van der Waals surface area contributed by atoms with Crippen molar-refractivity contribution in [3.63, 3.8) is 0 Å². The summed E-state index contributed by atoms with van der Waals surface area (Å²) in [4.78, 5) is 14.3. The normalized spacial score (nSPS) is 21.4. The number of methoxy groups -OCH3 is 1. The van der Waals surface area contributed by atoms with Gasteiger partial charge >= 0.3 is 6.80 Å². The fourth-order valence-electron chi connectivity index (χ4n) is 7.31. The van der Waals surface area contributed by atoms with Gasteiger partial charge in [0.25, 0.3) is 0 Å². The summed E-state index contributed by atoms with van der Waals surface area (Å²) >= 11 is 7.41. The lowest BCUT2D eigenvalue weighted by Crippen LogP contribution is -2.38. The highest BCUT2D eigenvalue weighted by atomic mass is 35.5. The van der Waals surface area contributed by atoms with Gasteiger partial charge in [-0.3, -0.25) is 9.09 Å². The molecule has 6 aromatic rings. The number of ether oxygens (including phenoxy) is 4. The standard InChI is InChI=1S/C41H41ClN5O7PS/c1-5-56-55(48,54-32-19-13-12-18-31(32)42)50-24-33-35-36(53-40(2,3)52-35)39(51-33)47-26-45-34-37(43-25-44-38(34)47)46-41(27-14-8-6-9-15-27,28-16-10-7-11-17-28)29-20-22-30(49-4)23-21-29/h6-23,25-26,33,35-36,39H,5,24H2,1-4H3,(H,43,44,46)/t33-,35-,36-,39-,55?/m1/s1. The van der Waals surface area contributed by atoms with Crippen molar-refractivity contribution in [2.45, 2.75) is 56.6 Å². The zero-order chi connectivity index (χ0) is 38.9. The van der Waals surface area contributed by atoms with E-state index in [0.717, 1.165) is 33.8 Å². The summed E-state index contributed by atoms with van der Waals surface area (Å²) in [6, 6.07) is 35.3. The number of nitrogens with one attached hydrogen (secondary N) is 1. The van der Waals surface area contributed by atoms with E-state index in [0.29, 0.717) is 27.8 Å². The van der Waals surface area contributed by atoms with Gasteiger partial charge in [0, 0.05) is 5.75 Å². The molecular weight excluding hydrogens is 773 g/mol. The molecule has 15 heteroatoms. The highest BCUT2D eigenvalue weighted by Crippen LogP contribution is 2.61. The first-order valence-corrected chi connectivity index (χ1v) is 21.7. The number of imidazole rings is 1. The van der Waals surface area contributed by atoms with E-state index in [1.807, 2.05) is 86.0 Å². The van der Waals surface area contributed by atoms with Crippen LogP contribution in [0.1, 0.15) is 43.7 Å². The van der Waals surface area contributed by atoms with E-state index in [9.17, 15) is 4.57 Å². The molecule has 4 heterocycles. The average Bonchev–Trinajstić information content (AvgIpc) is 3.89. The van der Waals surface area contributed by atoms with Gasteiger partial charge in [-0.1, -0.05) is 103 Å². The smallest absolute Gasteiger partial charge is 0.440 e. The van der Waals surface area contributed by atoms with Gasteiger partial charge in [-0.05, 0) is 66.2 Å². The molecule has 0 radical (unpaired) electrons. The second-order valence-electron chi connectivity index (χ2n) is 13.7. The monoisotopic (exact) mass is 813 g/mol.